The fourth-order valence-corrected chi connectivity index (χ4v) is 11.6. The summed E-state index contributed by atoms with van der Waals surface area (Å²) in [7, 11) is 0. The molecule has 10 unspecified atom stereocenters. The van der Waals surface area contributed by atoms with Crippen LogP contribution >= 0.6 is 0 Å². The Hall–Kier alpha value is -2.72. The molecule has 3 fully saturated rings. The van der Waals surface area contributed by atoms with Crippen LogP contribution in [0, 0.1) is 56.2 Å². The molecule has 0 aromatic heterocycles. The van der Waals surface area contributed by atoms with Crippen molar-refractivity contribution in [3.63, 3.8) is 0 Å². The van der Waals surface area contributed by atoms with Crippen LogP contribution in [0.4, 0.5) is 0 Å². The van der Waals surface area contributed by atoms with Crippen LogP contribution in [0.15, 0.2) is 24.3 Å². The van der Waals surface area contributed by atoms with Crippen molar-refractivity contribution >= 4 is 23.9 Å². The van der Waals surface area contributed by atoms with Crippen molar-refractivity contribution in [2.24, 2.45) is 56.2 Å². The third kappa shape index (κ3) is 11.7. The highest BCUT2D eigenvalue weighted by Gasteiger charge is 2.62. The third-order valence-electron chi connectivity index (χ3n) is 17.3. The number of esters is 4. The predicted octanol–water partition coefficient (Wildman–Crippen LogP) is 11.7. The molecule has 0 bridgehead atoms. The van der Waals surface area contributed by atoms with Crippen molar-refractivity contribution in [1.29, 1.82) is 0 Å². The Morgan fingerprint density at radius 1 is 0.828 bits per heavy atom. The lowest BCUT2D eigenvalue weighted by atomic mass is 9.50. The maximum atomic E-state index is 15.2. The number of allylic oxidation sites excluding steroid dienone is 1. The summed E-state index contributed by atoms with van der Waals surface area (Å²) < 4.78 is 24.5. The van der Waals surface area contributed by atoms with Gasteiger partial charge in [-0.05, 0) is 107 Å². The van der Waals surface area contributed by atoms with E-state index in [4.69, 9.17) is 18.9 Å². The van der Waals surface area contributed by atoms with Gasteiger partial charge in [0.05, 0.1) is 35.1 Å². The van der Waals surface area contributed by atoms with E-state index < -0.39 is 79.4 Å². The Morgan fingerprint density at radius 3 is 1.88 bits per heavy atom. The Bertz CT molecular complexity index is 1750. The lowest BCUT2D eigenvalue weighted by molar-refractivity contribution is -0.214. The molecule has 2 saturated carbocycles. The summed E-state index contributed by atoms with van der Waals surface area (Å²) in [5, 5.41) is 24.4. The summed E-state index contributed by atoms with van der Waals surface area (Å²) in [6.07, 6.45) is 3.75. The molecule has 64 heavy (non-hydrogen) atoms. The SMILES string of the molecule is C=C1CC(C)C(C)(OC(=O)C(C)(CC(C)(C)C)C(C)(C)C(C)(O)CC(C(=O)OC2CCOC2=O)C(C)(C)C(C)(C)CC(C(=O)OC2(CC)CC(=C)CC(C)(O)C2)C(C)(C)C)C(CC)C1. The first kappa shape index (κ1) is 55.6. The number of rotatable bonds is 17. The third-order valence-corrected chi connectivity index (χ3v) is 17.3. The van der Waals surface area contributed by atoms with E-state index in [1.54, 1.807) is 13.8 Å². The largest absolute Gasteiger partial charge is 0.463 e. The van der Waals surface area contributed by atoms with Gasteiger partial charge < -0.3 is 29.2 Å². The minimum Gasteiger partial charge on any atom is -0.463 e. The van der Waals surface area contributed by atoms with Crippen LogP contribution < -0.4 is 0 Å². The van der Waals surface area contributed by atoms with Crippen LogP contribution in [-0.2, 0) is 38.1 Å². The molecular formula is C54H92O10. The number of carbonyl (C=O) groups excluding carboxylic acids is 4. The summed E-state index contributed by atoms with van der Waals surface area (Å²) in [6, 6.07) is 0. The van der Waals surface area contributed by atoms with Gasteiger partial charge in [-0.3, -0.25) is 14.4 Å². The van der Waals surface area contributed by atoms with Crippen LogP contribution in [0.1, 0.15) is 202 Å². The zero-order valence-electron chi connectivity index (χ0n) is 43.9. The average Bonchev–Trinajstić information content (AvgIpc) is 3.51. The van der Waals surface area contributed by atoms with E-state index in [1.165, 1.54) is 0 Å². The average molecular weight is 901 g/mol. The molecule has 0 aromatic carbocycles. The number of cyclic esters (lactones) is 1. The quantitative estimate of drug-likeness (QED) is 0.0822. The van der Waals surface area contributed by atoms with Gasteiger partial charge >= 0.3 is 23.9 Å². The van der Waals surface area contributed by atoms with Gasteiger partial charge in [0.15, 0.2) is 0 Å². The molecule has 368 valence electrons. The van der Waals surface area contributed by atoms with Crippen molar-refractivity contribution < 1.29 is 48.3 Å². The maximum absolute atomic E-state index is 15.2. The molecule has 10 atom stereocenters. The summed E-state index contributed by atoms with van der Waals surface area (Å²) in [4.78, 5) is 57.5. The second-order valence-corrected chi connectivity index (χ2v) is 25.8. The van der Waals surface area contributed by atoms with Gasteiger partial charge in [-0.1, -0.05) is 128 Å². The Balaban J connectivity index is 2.15. The van der Waals surface area contributed by atoms with Crippen molar-refractivity contribution in [1.82, 2.24) is 0 Å². The molecule has 1 heterocycles. The first-order chi connectivity index (χ1) is 28.7. The number of aliphatic hydroxyl groups is 2. The van der Waals surface area contributed by atoms with E-state index in [2.05, 4.69) is 47.8 Å². The normalized spacial score (nSPS) is 30.4. The lowest BCUT2D eigenvalue weighted by Gasteiger charge is -2.56. The maximum Gasteiger partial charge on any atom is 0.347 e. The minimum absolute atomic E-state index is 0.0355. The first-order valence-electron chi connectivity index (χ1n) is 24.3. The summed E-state index contributed by atoms with van der Waals surface area (Å²) in [5.74, 6) is -3.58. The number of carbonyl (C=O) groups is 4. The monoisotopic (exact) mass is 901 g/mol. The minimum atomic E-state index is -1.70. The molecule has 2 N–H and O–H groups in total. The topological polar surface area (TPSA) is 146 Å². The van der Waals surface area contributed by atoms with Crippen molar-refractivity contribution in [2.75, 3.05) is 6.61 Å². The first-order valence-corrected chi connectivity index (χ1v) is 24.3. The van der Waals surface area contributed by atoms with Crippen LogP contribution in [0.2, 0.25) is 0 Å². The zero-order valence-corrected chi connectivity index (χ0v) is 43.9. The molecule has 10 heteroatoms. The van der Waals surface area contributed by atoms with Gasteiger partial charge in [0, 0.05) is 30.6 Å². The van der Waals surface area contributed by atoms with Crippen LogP contribution in [-0.4, -0.2) is 69.2 Å². The fraction of sp³-hybridized carbons (Fsp3) is 0.852. The molecule has 0 amide bonds. The highest BCUT2D eigenvalue weighted by Crippen LogP contribution is 2.60. The van der Waals surface area contributed by atoms with Gasteiger partial charge in [0.25, 0.3) is 0 Å². The highest BCUT2D eigenvalue weighted by molar-refractivity contribution is 5.82. The molecule has 10 nitrogen and oxygen atoms in total. The standard InChI is InChI=1S/C54H92O10/c1-22-37-27-34(3)26-36(5)53(37,21)64-44(58)51(19,32-45(6,7)8)49(16,17)52(20,60)31-39(41(55)62-40-24-25-61-43(40)57)48(14,15)47(12,13)30-38(46(9,10)11)42(56)63-54(23-2)29-35(4)28-50(18,59)33-54/h36-40,59-60H,3-4,22-33H2,1-2,5-21H3. The van der Waals surface area contributed by atoms with Crippen molar-refractivity contribution in [3.05, 3.63) is 24.3 Å². The summed E-state index contributed by atoms with van der Waals surface area (Å²) in [6.45, 7) is 46.2. The van der Waals surface area contributed by atoms with E-state index in [-0.39, 0.29) is 48.6 Å². The second kappa shape index (κ2) is 18.8. The van der Waals surface area contributed by atoms with E-state index in [9.17, 15) is 24.6 Å². The van der Waals surface area contributed by atoms with E-state index in [1.807, 2.05) is 83.1 Å². The molecule has 3 aliphatic rings. The van der Waals surface area contributed by atoms with Gasteiger partial charge in [-0.15, -0.1) is 0 Å². The number of hydrogen-bond donors (Lipinski definition) is 2. The molecule has 3 rings (SSSR count). The van der Waals surface area contributed by atoms with Crippen LogP contribution in [0.25, 0.3) is 0 Å². The molecule has 1 saturated heterocycles. The highest BCUT2D eigenvalue weighted by atomic mass is 16.6. The zero-order chi connectivity index (χ0) is 49.7. The van der Waals surface area contributed by atoms with E-state index in [0.29, 0.717) is 38.5 Å². The second-order valence-electron chi connectivity index (χ2n) is 25.8. The summed E-state index contributed by atoms with van der Waals surface area (Å²) >= 11 is 0. The van der Waals surface area contributed by atoms with Crippen molar-refractivity contribution in [3.8, 4) is 0 Å². The molecule has 1 aliphatic heterocycles. The van der Waals surface area contributed by atoms with Crippen LogP contribution in [0.5, 0.6) is 0 Å². The summed E-state index contributed by atoms with van der Waals surface area (Å²) in [5.41, 5.74) is -7.63. The Kier molecular flexibility index (Phi) is 16.3. The Labute approximate surface area is 388 Å². The van der Waals surface area contributed by atoms with Gasteiger partial charge in [0.2, 0.25) is 6.10 Å². The van der Waals surface area contributed by atoms with Crippen molar-refractivity contribution in [2.45, 2.75) is 231 Å². The molecule has 0 spiro atoms. The molecule has 0 aromatic rings. The number of hydrogen-bond acceptors (Lipinski definition) is 10. The Morgan fingerprint density at radius 2 is 1.41 bits per heavy atom. The van der Waals surface area contributed by atoms with E-state index >= 15 is 4.79 Å². The molecule has 2 aliphatic carbocycles. The van der Waals surface area contributed by atoms with Gasteiger partial charge in [-0.25, -0.2) is 4.79 Å². The lowest BCUT2D eigenvalue weighted by Crippen LogP contribution is -2.61. The molecular weight excluding hydrogens is 809 g/mol. The number of ether oxygens (including phenoxy) is 4. The van der Waals surface area contributed by atoms with E-state index in [0.717, 1.165) is 30.4 Å². The van der Waals surface area contributed by atoms with Gasteiger partial charge in [-0.2, -0.15) is 0 Å². The fourth-order valence-electron chi connectivity index (χ4n) is 11.6. The van der Waals surface area contributed by atoms with Crippen LogP contribution in [0.3, 0.4) is 0 Å². The van der Waals surface area contributed by atoms with Gasteiger partial charge in [0.1, 0.15) is 11.2 Å². The molecule has 0 radical (unpaired) electrons. The predicted molar refractivity (Wildman–Crippen MR) is 254 cm³/mol. The smallest absolute Gasteiger partial charge is 0.347 e.